The summed E-state index contributed by atoms with van der Waals surface area (Å²) in [6.45, 7) is 3.73. The molecule has 0 unspecified atom stereocenters. The molecule has 2 rings (SSSR count). The average molecular weight is 394 g/mol. The van der Waals surface area contributed by atoms with E-state index < -0.39 is 11.8 Å². The van der Waals surface area contributed by atoms with Crippen LogP contribution in [0.15, 0.2) is 60.3 Å². The summed E-state index contributed by atoms with van der Waals surface area (Å²) in [6.07, 6.45) is 3.54. The number of aliphatic hydroxyl groups excluding tert-OH is 2. The minimum Gasteiger partial charge on any atom is -0.395 e. The quantitative estimate of drug-likeness (QED) is 0.517. The lowest BCUT2D eigenvalue weighted by Gasteiger charge is -2.11. The number of carbonyl (C=O) groups is 2. The normalized spacial score (nSPS) is 11.9. The van der Waals surface area contributed by atoms with Crippen LogP contribution in [0.1, 0.15) is 40.9 Å². The Morgan fingerprint density at radius 3 is 2.14 bits per heavy atom. The van der Waals surface area contributed by atoms with Crippen LogP contribution in [0.25, 0.3) is 11.6 Å². The number of hydrogen-bond acceptors (Lipinski definition) is 4. The third-order valence-electron chi connectivity index (χ3n) is 4.40. The maximum atomic E-state index is 12.6. The van der Waals surface area contributed by atoms with Gasteiger partial charge in [0.2, 0.25) is 0 Å². The van der Waals surface area contributed by atoms with Gasteiger partial charge in [-0.3, -0.25) is 9.59 Å². The molecular formula is C23H26N2O4. The molecule has 0 aromatic heterocycles. The number of aliphatic hydroxyl groups is 2. The lowest BCUT2D eigenvalue weighted by atomic mass is 10.0. The molecule has 0 radical (unpaired) electrons. The standard InChI is InChI=1S/C23H26N2O4/c1-3-16(2)19-8-10-20(11-9-19)22(28)25-21(23(29)24-12-13-26)14-17-4-6-18(15-27)7-5-17/h3-11,14,26-27H,12-13,15H2,1-2H3,(H,24,29)(H,25,28)/b16-3+,21-14-. The van der Waals surface area contributed by atoms with Gasteiger partial charge >= 0.3 is 0 Å². The van der Waals surface area contributed by atoms with E-state index >= 15 is 0 Å². The summed E-state index contributed by atoms with van der Waals surface area (Å²) in [5, 5.41) is 23.3. The van der Waals surface area contributed by atoms with Gasteiger partial charge in [-0.2, -0.15) is 0 Å². The Morgan fingerprint density at radius 1 is 0.966 bits per heavy atom. The number of nitrogens with one attached hydrogen (secondary N) is 2. The molecule has 0 bridgehead atoms. The number of allylic oxidation sites excluding steroid dienone is 2. The van der Waals surface area contributed by atoms with Crippen LogP contribution < -0.4 is 10.6 Å². The zero-order valence-electron chi connectivity index (χ0n) is 16.6. The smallest absolute Gasteiger partial charge is 0.267 e. The van der Waals surface area contributed by atoms with Crippen molar-refractivity contribution in [3.63, 3.8) is 0 Å². The molecule has 6 heteroatoms. The summed E-state index contributed by atoms with van der Waals surface area (Å²) in [4.78, 5) is 25.1. The van der Waals surface area contributed by atoms with Crippen molar-refractivity contribution in [2.24, 2.45) is 0 Å². The van der Waals surface area contributed by atoms with Crippen LogP contribution >= 0.6 is 0 Å². The summed E-state index contributed by atoms with van der Waals surface area (Å²) in [5.74, 6) is -0.910. The molecule has 2 aromatic rings. The Morgan fingerprint density at radius 2 is 1.59 bits per heavy atom. The van der Waals surface area contributed by atoms with Crippen LogP contribution in [-0.4, -0.2) is 35.2 Å². The molecule has 4 N–H and O–H groups in total. The van der Waals surface area contributed by atoms with Gasteiger partial charge in [0.15, 0.2) is 0 Å². The SMILES string of the molecule is C/C=C(\C)c1ccc(C(=O)N/C(=C\c2ccc(CO)cc2)C(=O)NCCO)cc1. The zero-order valence-corrected chi connectivity index (χ0v) is 16.6. The van der Waals surface area contributed by atoms with Gasteiger partial charge in [0.25, 0.3) is 11.8 Å². The van der Waals surface area contributed by atoms with Crippen LogP contribution in [0, 0.1) is 0 Å². The summed E-state index contributed by atoms with van der Waals surface area (Å²) in [7, 11) is 0. The number of carbonyl (C=O) groups excluding carboxylic acids is 2. The highest BCUT2D eigenvalue weighted by Crippen LogP contribution is 2.15. The lowest BCUT2D eigenvalue weighted by molar-refractivity contribution is -0.117. The van der Waals surface area contributed by atoms with Crippen molar-refractivity contribution < 1.29 is 19.8 Å². The Bertz CT molecular complexity index is 897. The molecule has 0 aliphatic carbocycles. The van der Waals surface area contributed by atoms with Gasteiger partial charge in [0.1, 0.15) is 5.70 Å². The molecule has 0 fully saturated rings. The molecule has 0 aliphatic rings. The highest BCUT2D eigenvalue weighted by atomic mass is 16.3. The highest BCUT2D eigenvalue weighted by Gasteiger charge is 2.14. The monoisotopic (exact) mass is 394 g/mol. The van der Waals surface area contributed by atoms with Crippen LogP contribution in [0.3, 0.4) is 0 Å². The summed E-state index contributed by atoms with van der Waals surface area (Å²) in [5.41, 5.74) is 4.05. The Kier molecular flexibility index (Phi) is 8.33. The second-order valence-corrected chi connectivity index (χ2v) is 6.44. The maximum absolute atomic E-state index is 12.6. The number of rotatable bonds is 8. The summed E-state index contributed by atoms with van der Waals surface area (Å²) < 4.78 is 0. The van der Waals surface area contributed by atoms with E-state index in [9.17, 15) is 9.59 Å². The van der Waals surface area contributed by atoms with Gasteiger partial charge in [-0.25, -0.2) is 0 Å². The van der Waals surface area contributed by atoms with E-state index in [2.05, 4.69) is 10.6 Å². The van der Waals surface area contributed by atoms with E-state index in [1.54, 1.807) is 42.5 Å². The highest BCUT2D eigenvalue weighted by molar-refractivity contribution is 6.05. The molecular weight excluding hydrogens is 368 g/mol. The van der Waals surface area contributed by atoms with Crippen LogP contribution in [-0.2, 0) is 11.4 Å². The summed E-state index contributed by atoms with van der Waals surface area (Å²) in [6, 6.07) is 14.1. The van der Waals surface area contributed by atoms with E-state index in [1.165, 1.54) is 0 Å². The van der Waals surface area contributed by atoms with Gasteiger partial charge in [0, 0.05) is 12.1 Å². The first-order valence-corrected chi connectivity index (χ1v) is 9.33. The predicted octanol–water partition coefficient (Wildman–Crippen LogP) is 2.48. The average Bonchev–Trinajstić information content (AvgIpc) is 2.76. The third kappa shape index (κ3) is 6.41. The fourth-order valence-corrected chi connectivity index (χ4v) is 2.55. The molecule has 6 nitrogen and oxygen atoms in total. The van der Waals surface area contributed by atoms with Gasteiger partial charge in [-0.1, -0.05) is 42.5 Å². The fraction of sp³-hybridized carbons (Fsp3) is 0.217. The molecule has 0 saturated heterocycles. The minimum absolute atomic E-state index is 0.0638. The summed E-state index contributed by atoms with van der Waals surface area (Å²) >= 11 is 0. The predicted molar refractivity (Wildman–Crippen MR) is 114 cm³/mol. The molecule has 0 aliphatic heterocycles. The van der Waals surface area contributed by atoms with Crippen molar-refractivity contribution in [3.05, 3.63) is 82.6 Å². The van der Waals surface area contributed by atoms with Crippen molar-refractivity contribution in [2.75, 3.05) is 13.2 Å². The minimum atomic E-state index is -0.500. The van der Waals surface area contributed by atoms with Crippen molar-refractivity contribution in [1.82, 2.24) is 10.6 Å². The Balaban J connectivity index is 2.24. The maximum Gasteiger partial charge on any atom is 0.267 e. The Hall–Kier alpha value is -3.22. The molecule has 2 amide bonds. The van der Waals surface area contributed by atoms with E-state index in [1.807, 2.05) is 32.1 Å². The van der Waals surface area contributed by atoms with Crippen molar-refractivity contribution >= 4 is 23.5 Å². The zero-order chi connectivity index (χ0) is 21.2. The molecule has 0 saturated carbocycles. The topological polar surface area (TPSA) is 98.7 Å². The van der Waals surface area contributed by atoms with Gasteiger partial charge in [-0.05, 0) is 54.3 Å². The lowest BCUT2D eigenvalue weighted by Crippen LogP contribution is -2.36. The first kappa shape index (κ1) is 22.1. The van der Waals surface area contributed by atoms with Gasteiger partial charge in [0.05, 0.1) is 13.2 Å². The number of amides is 2. The largest absolute Gasteiger partial charge is 0.395 e. The molecule has 29 heavy (non-hydrogen) atoms. The second kappa shape index (κ2) is 10.9. The van der Waals surface area contributed by atoms with E-state index in [-0.39, 0.29) is 25.5 Å². The van der Waals surface area contributed by atoms with Gasteiger partial charge < -0.3 is 20.8 Å². The van der Waals surface area contributed by atoms with Crippen molar-refractivity contribution in [2.45, 2.75) is 20.5 Å². The second-order valence-electron chi connectivity index (χ2n) is 6.44. The van der Waals surface area contributed by atoms with E-state index in [0.717, 1.165) is 16.7 Å². The van der Waals surface area contributed by atoms with E-state index in [4.69, 9.17) is 10.2 Å². The van der Waals surface area contributed by atoms with Crippen molar-refractivity contribution in [3.8, 4) is 0 Å². The van der Waals surface area contributed by atoms with Crippen LogP contribution in [0.4, 0.5) is 0 Å². The van der Waals surface area contributed by atoms with E-state index in [0.29, 0.717) is 11.1 Å². The fourth-order valence-electron chi connectivity index (χ4n) is 2.55. The van der Waals surface area contributed by atoms with Crippen LogP contribution in [0.2, 0.25) is 0 Å². The van der Waals surface area contributed by atoms with Gasteiger partial charge in [-0.15, -0.1) is 0 Å². The molecule has 152 valence electrons. The molecule has 2 aromatic carbocycles. The number of benzene rings is 2. The first-order valence-electron chi connectivity index (χ1n) is 9.33. The third-order valence-corrected chi connectivity index (χ3v) is 4.40. The first-order chi connectivity index (χ1) is 14.0. The molecule has 0 heterocycles. The molecule has 0 atom stereocenters. The molecule has 0 spiro atoms. The number of hydrogen-bond donors (Lipinski definition) is 4. The van der Waals surface area contributed by atoms with Crippen LogP contribution in [0.5, 0.6) is 0 Å². The van der Waals surface area contributed by atoms with Crippen molar-refractivity contribution in [1.29, 1.82) is 0 Å². The Labute approximate surface area is 170 Å².